The van der Waals surface area contributed by atoms with Crippen molar-refractivity contribution in [3.05, 3.63) is 65.7 Å². The van der Waals surface area contributed by atoms with Gasteiger partial charge in [0.25, 0.3) is 0 Å². The summed E-state index contributed by atoms with van der Waals surface area (Å²) < 4.78 is 0. The lowest BCUT2D eigenvalue weighted by atomic mass is 10.1. The Morgan fingerprint density at radius 1 is 0.889 bits per heavy atom. The fourth-order valence-electron chi connectivity index (χ4n) is 1.99. The van der Waals surface area contributed by atoms with E-state index in [1.807, 2.05) is 6.07 Å². The maximum Gasteiger partial charge on any atom is 0.0471 e. The van der Waals surface area contributed by atoms with Gasteiger partial charge in [-0.05, 0) is 29.7 Å². The third-order valence-electron chi connectivity index (χ3n) is 3.04. The third-order valence-corrected chi connectivity index (χ3v) is 3.04. The average molecular weight is 241 g/mol. The monoisotopic (exact) mass is 241 g/mol. The van der Waals surface area contributed by atoms with Gasteiger partial charge in [-0.15, -0.1) is 0 Å². The lowest BCUT2D eigenvalue weighted by Gasteiger charge is -2.19. The maximum atomic E-state index is 8.88. The van der Waals surface area contributed by atoms with Crippen LogP contribution in [0.15, 0.2) is 54.6 Å². The zero-order chi connectivity index (χ0) is 12.8. The molecule has 0 spiro atoms. The second-order valence-corrected chi connectivity index (χ2v) is 4.48. The van der Waals surface area contributed by atoms with E-state index >= 15 is 0 Å². The minimum Gasteiger partial charge on any atom is -0.396 e. The maximum absolute atomic E-state index is 8.88. The van der Waals surface area contributed by atoms with E-state index in [2.05, 4.69) is 60.5 Å². The van der Waals surface area contributed by atoms with Crippen LogP contribution in [0.25, 0.3) is 0 Å². The number of anilines is 1. The number of benzene rings is 2. The van der Waals surface area contributed by atoms with Crippen LogP contribution in [0.3, 0.4) is 0 Å². The Morgan fingerprint density at radius 3 is 2.17 bits per heavy atom. The minimum absolute atomic E-state index is 0.208. The van der Waals surface area contributed by atoms with E-state index in [0.717, 1.165) is 13.0 Å². The summed E-state index contributed by atoms with van der Waals surface area (Å²) in [6.07, 6.45) is 0.725. The molecule has 2 heteroatoms. The fraction of sp³-hybridized carbons (Fsp3) is 0.250. The molecule has 0 atom stereocenters. The summed E-state index contributed by atoms with van der Waals surface area (Å²) in [5, 5.41) is 8.88. The molecule has 0 unspecified atom stereocenters. The molecule has 0 aliphatic heterocycles. The summed E-state index contributed by atoms with van der Waals surface area (Å²) in [6.45, 7) is 1.11. The highest BCUT2D eigenvalue weighted by Crippen LogP contribution is 2.16. The molecule has 2 rings (SSSR count). The van der Waals surface area contributed by atoms with Gasteiger partial charge >= 0.3 is 0 Å². The van der Waals surface area contributed by atoms with E-state index < -0.39 is 0 Å². The van der Waals surface area contributed by atoms with Gasteiger partial charge in [0.1, 0.15) is 0 Å². The standard InChI is InChI=1S/C16H19NO/c1-17(13-15-5-3-2-4-6-15)16-9-7-14(8-10-16)11-12-18/h2-10,18H,11-13H2,1H3. The van der Waals surface area contributed by atoms with Gasteiger partial charge in [0.15, 0.2) is 0 Å². The molecule has 1 N–H and O–H groups in total. The normalized spacial score (nSPS) is 10.3. The van der Waals surface area contributed by atoms with Gasteiger partial charge in [-0.25, -0.2) is 0 Å². The molecule has 0 radical (unpaired) electrons. The Balaban J connectivity index is 2.02. The lowest BCUT2D eigenvalue weighted by Crippen LogP contribution is -2.16. The first-order chi connectivity index (χ1) is 8.79. The summed E-state index contributed by atoms with van der Waals surface area (Å²) in [7, 11) is 2.09. The Hall–Kier alpha value is -1.80. The van der Waals surface area contributed by atoms with E-state index in [-0.39, 0.29) is 6.61 Å². The highest BCUT2D eigenvalue weighted by Gasteiger charge is 2.01. The Labute approximate surface area is 109 Å². The quantitative estimate of drug-likeness (QED) is 0.870. The zero-order valence-electron chi connectivity index (χ0n) is 10.7. The molecule has 2 aromatic carbocycles. The number of aliphatic hydroxyl groups excluding tert-OH is 1. The van der Waals surface area contributed by atoms with Crippen LogP contribution in [0.4, 0.5) is 5.69 Å². The first-order valence-electron chi connectivity index (χ1n) is 6.24. The molecule has 94 valence electrons. The van der Waals surface area contributed by atoms with Crippen molar-refractivity contribution >= 4 is 5.69 Å². The molecule has 2 aromatic rings. The van der Waals surface area contributed by atoms with E-state index in [1.165, 1.54) is 16.8 Å². The Morgan fingerprint density at radius 2 is 1.56 bits per heavy atom. The van der Waals surface area contributed by atoms with Crippen molar-refractivity contribution < 1.29 is 5.11 Å². The second-order valence-electron chi connectivity index (χ2n) is 4.48. The van der Waals surface area contributed by atoms with E-state index in [1.54, 1.807) is 0 Å². The summed E-state index contributed by atoms with van der Waals surface area (Å²) in [4.78, 5) is 2.22. The van der Waals surface area contributed by atoms with Crippen molar-refractivity contribution in [3.63, 3.8) is 0 Å². The molecule has 0 saturated carbocycles. The molecule has 0 heterocycles. The molecule has 0 bridgehead atoms. The van der Waals surface area contributed by atoms with Gasteiger partial charge in [0, 0.05) is 25.9 Å². The number of hydrogen-bond acceptors (Lipinski definition) is 2. The molecule has 0 aromatic heterocycles. The summed E-state index contributed by atoms with van der Waals surface area (Å²) in [5.41, 5.74) is 3.68. The van der Waals surface area contributed by atoms with Crippen LogP contribution in [0, 0.1) is 0 Å². The molecule has 0 aliphatic carbocycles. The van der Waals surface area contributed by atoms with Crippen molar-refractivity contribution in [2.45, 2.75) is 13.0 Å². The van der Waals surface area contributed by atoms with Crippen molar-refractivity contribution in [2.24, 2.45) is 0 Å². The van der Waals surface area contributed by atoms with Crippen molar-refractivity contribution in [1.82, 2.24) is 0 Å². The van der Waals surface area contributed by atoms with Crippen LogP contribution in [-0.4, -0.2) is 18.8 Å². The summed E-state index contributed by atoms with van der Waals surface area (Å²) in [6, 6.07) is 18.8. The van der Waals surface area contributed by atoms with Gasteiger partial charge in [-0.1, -0.05) is 42.5 Å². The van der Waals surface area contributed by atoms with Crippen molar-refractivity contribution in [2.75, 3.05) is 18.6 Å². The predicted octanol–water partition coefficient (Wildman–Crippen LogP) is 2.86. The molecular weight excluding hydrogens is 222 g/mol. The average Bonchev–Trinajstić information content (AvgIpc) is 2.41. The summed E-state index contributed by atoms with van der Waals surface area (Å²) in [5.74, 6) is 0. The third kappa shape index (κ3) is 3.34. The van der Waals surface area contributed by atoms with E-state index in [9.17, 15) is 0 Å². The fourth-order valence-corrected chi connectivity index (χ4v) is 1.99. The molecule has 0 aliphatic rings. The molecule has 0 fully saturated rings. The highest BCUT2D eigenvalue weighted by molar-refractivity contribution is 5.47. The number of hydrogen-bond donors (Lipinski definition) is 1. The number of rotatable bonds is 5. The number of aliphatic hydroxyl groups is 1. The predicted molar refractivity (Wildman–Crippen MR) is 75.8 cm³/mol. The van der Waals surface area contributed by atoms with Crippen LogP contribution in [0.5, 0.6) is 0 Å². The highest BCUT2D eigenvalue weighted by atomic mass is 16.2. The van der Waals surface area contributed by atoms with Gasteiger partial charge in [0.05, 0.1) is 0 Å². The molecule has 0 amide bonds. The van der Waals surface area contributed by atoms with Gasteiger partial charge < -0.3 is 10.0 Å². The van der Waals surface area contributed by atoms with Crippen LogP contribution in [-0.2, 0) is 13.0 Å². The van der Waals surface area contributed by atoms with Crippen molar-refractivity contribution in [1.29, 1.82) is 0 Å². The smallest absolute Gasteiger partial charge is 0.0471 e. The SMILES string of the molecule is CN(Cc1ccccc1)c1ccc(CCO)cc1. The molecule has 0 saturated heterocycles. The van der Waals surface area contributed by atoms with E-state index in [0.29, 0.717) is 0 Å². The first-order valence-corrected chi connectivity index (χ1v) is 6.24. The van der Waals surface area contributed by atoms with Crippen LogP contribution < -0.4 is 4.90 Å². The molecular formula is C16H19NO. The Kier molecular flexibility index (Phi) is 4.37. The van der Waals surface area contributed by atoms with Gasteiger partial charge in [-0.2, -0.15) is 0 Å². The van der Waals surface area contributed by atoms with Crippen LogP contribution in [0.2, 0.25) is 0 Å². The largest absolute Gasteiger partial charge is 0.396 e. The lowest BCUT2D eigenvalue weighted by molar-refractivity contribution is 0.299. The number of nitrogens with zero attached hydrogens (tertiary/aromatic N) is 1. The summed E-state index contributed by atoms with van der Waals surface area (Å²) >= 11 is 0. The van der Waals surface area contributed by atoms with Gasteiger partial charge in [0.2, 0.25) is 0 Å². The molecule has 18 heavy (non-hydrogen) atoms. The topological polar surface area (TPSA) is 23.5 Å². The van der Waals surface area contributed by atoms with Gasteiger partial charge in [-0.3, -0.25) is 0 Å². The minimum atomic E-state index is 0.208. The first kappa shape index (κ1) is 12.7. The van der Waals surface area contributed by atoms with Crippen LogP contribution >= 0.6 is 0 Å². The van der Waals surface area contributed by atoms with E-state index in [4.69, 9.17) is 5.11 Å². The zero-order valence-corrected chi connectivity index (χ0v) is 10.7. The van der Waals surface area contributed by atoms with Crippen molar-refractivity contribution in [3.8, 4) is 0 Å². The second kappa shape index (κ2) is 6.22. The molecule has 2 nitrogen and oxygen atoms in total. The Bertz CT molecular complexity index is 464. The van der Waals surface area contributed by atoms with Crippen LogP contribution in [0.1, 0.15) is 11.1 Å².